The molecule has 0 N–H and O–H groups in total. The molecule has 104 valence electrons. The number of fused-ring (bicyclic) bond motifs is 3. The van der Waals surface area contributed by atoms with Crippen LogP contribution in [-0.2, 0) is 9.47 Å². The van der Waals surface area contributed by atoms with Crippen molar-refractivity contribution in [3.8, 4) is 0 Å². The third-order valence-corrected chi connectivity index (χ3v) is 6.62. The average molecular weight is 270 g/mol. The van der Waals surface area contributed by atoms with Crippen molar-refractivity contribution in [2.75, 3.05) is 12.4 Å². The predicted octanol–water partition coefficient (Wildman–Crippen LogP) is 4.05. The van der Waals surface area contributed by atoms with Crippen LogP contribution in [0.5, 0.6) is 0 Å². The highest BCUT2D eigenvalue weighted by atomic mass is 32.2. The Balaban J connectivity index is 1.74. The van der Waals surface area contributed by atoms with Gasteiger partial charge in [0.25, 0.3) is 0 Å². The standard InChI is InChI=1S/C15H26O2S/c1-3-11(2)14-12-9-16-15(17-14,18-10-12)13-7-5-4-6-8-13/h11-14H,3-10H2,1-2H3. The molecule has 2 nitrogen and oxygen atoms in total. The van der Waals surface area contributed by atoms with Gasteiger partial charge in [0.1, 0.15) is 0 Å². The van der Waals surface area contributed by atoms with Gasteiger partial charge in [0.05, 0.1) is 12.7 Å². The van der Waals surface area contributed by atoms with E-state index < -0.39 is 0 Å². The van der Waals surface area contributed by atoms with Gasteiger partial charge < -0.3 is 9.47 Å². The topological polar surface area (TPSA) is 18.5 Å². The number of ether oxygens (including phenoxy) is 2. The van der Waals surface area contributed by atoms with Gasteiger partial charge in [-0.25, -0.2) is 0 Å². The van der Waals surface area contributed by atoms with Gasteiger partial charge in [-0.2, -0.15) is 0 Å². The molecule has 0 spiro atoms. The van der Waals surface area contributed by atoms with E-state index in [-0.39, 0.29) is 5.12 Å². The summed E-state index contributed by atoms with van der Waals surface area (Å²) in [6, 6.07) is 0. The minimum absolute atomic E-state index is 0.275. The van der Waals surface area contributed by atoms with Crippen LogP contribution >= 0.6 is 11.8 Å². The van der Waals surface area contributed by atoms with Crippen LogP contribution in [0.25, 0.3) is 0 Å². The number of thioether (sulfide) groups is 1. The van der Waals surface area contributed by atoms with E-state index in [0.717, 1.165) is 6.61 Å². The fourth-order valence-corrected chi connectivity index (χ4v) is 5.22. The second kappa shape index (κ2) is 5.34. The lowest BCUT2D eigenvalue weighted by molar-refractivity contribution is -0.298. The molecule has 0 aromatic heterocycles. The normalized spacial score (nSPS) is 43.0. The Hall–Kier alpha value is 0.270. The van der Waals surface area contributed by atoms with Crippen LogP contribution in [0.2, 0.25) is 0 Å². The second-order valence-electron chi connectivity index (χ2n) is 6.29. The average Bonchev–Trinajstić information content (AvgIpc) is 2.48. The molecule has 3 aliphatic heterocycles. The Morgan fingerprint density at radius 1 is 1.28 bits per heavy atom. The molecule has 0 radical (unpaired) electrons. The van der Waals surface area contributed by atoms with Crippen LogP contribution in [0.3, 0.4) is 0 Å². The van der Waals surface area contributed by atoms with Crippen LogP contribution < -0.4 is 0 Å². The zero-order chi connectivity index (χ0) is 12.6. The molecule has 18 heavy (non-hydrogen) atoms. The van der Waals surface area contributed by atoms with E-state index in [4.69, 9.17) is 9.47 Å². The summed E-state index contributed by atoms with van der Waals surface area (Å²) < 4.78 is 12.7. The summed E-state index contributed by atoms with van der Waals surface area (Å²) in [4.78, 5) is 0. The number of rotatable bonds is 3. The zero-order valence-corrected chi connectivity index (χ0v) is 12.5. The van der Waals surface area contributed by atoms with Crippen molar-refractivity contribution in [2.45, 2.75) is 63.6 Å². The highest BCUT2D eigenvalue weighted by Crippen LogP contribution is 2.53. The van der Waals surface area contributed by atoms with Crippen molar-refractivity contribution in [1.29, 1.82) is 0 Å². The monoisotopic (exact) mass is 270 g/mol. The molecule has 1 saturated carbocycles. The molecule has 0 amide bonds. The van der Waals surface area contributed by atoms with Crippen LogP contribution in [0.4, 0.5) is 0 Å². The van der Waals surface area contributed by atoms with Gasteiger partial charge in [0.2, 0.25) is 5.12 Å². The van der Waals surface area contributed by atoms with Gasteiger partial charge in [0, 0.05) is 17.6 Å². The lowest BCUT2D eigenvalue weighted by Crippen LogP contribution is -2.58. The first-order chi connectivity index (χ1) is 8.75. The Morgan fingerprint density at radius 3 is 2.67 bits per heavy atom. The molecular weight excluding hydrogens is 244 g/mol. The van der Waals surface area contributed by atoms with E-state index in [9.17, 15) is 0 Å². The van der Waals surface area contributed by atoms with Crippen molar-refractivity contribution < 1.29 is 9.47 Å². The highest BCUT2D eigenvalue weighted by Gasteiger charge is 2.54. The number of hydrogen-bond acceptors (Lipinski definition) is 3. The second-order valence-corrected chi connectivity index (χ2v) is 7.48. The van der Waals surface area contributed by atoms with Gasteiger partial charge in [-0.05, 0) is 18.8 Å². The van der Waals surface area contributed by atoms with E-state index in [2.05, 4.69) is 13.8 Å². The smallest absolute Gasteiger partial charge is 0.221 e. The summed E-state index contributed by atoms with van der Waals surface area (Å²) in [7, 11) is 0. The zero-order valence-electron chi connectivity index (χ0n) is 11.7. The molecule has 4 fully saturated rings. The summed E-state index contributed by atoms with van der Waals surface area (Å²) in [5.74, 6) is 3.16. The van der Waals surface area contributed by atoms with Crippen LogP contribution in [-0.4, -0.2) is 23.6 Å². The molecule has 0 aromatic carbocycles. The fourth-order valence-electron chi connectivity index (χ4n) is 3.68. The third-order valence-electron chi connectivity index (χ3n) is 5.07. The van der Waals surface area contributed by atoms with Gasteiger partial charge in [-0.3, -0.25) is 0 Å². The SMILES string of the molecule is CCC(C)C1OC2(C3CCCCC3)OCC1CS2. The molecule has 1 aliphatic carbocycles. The Morgan fingerprint density at radius 2 is 2.06 bits per heavy atom. The quantitative estimate of drug-likeness (QED) is 0.771. The minimum atomic E-state index is -0.275. The van der Waals surface area contributed by atoms with Gasteiger partial charge in [0.15, 0.2) is 0 Å². The molecule has 2 bridgehead atoms. The maximum Gasteiger partial charge on any atom is 0.221 e. The molecule has 4 aliphatic rings. The highest BCUT2D eigenvalue weighted by molar-refractivity contribution is 8.00. The summed E-state index contributed by atoms with van der Waals surface area (Å²) in [5, 5.41) is -0.275. The first kappa shape index (κ1) is 13.3. The Bertz CT molecular complexity index is 280. The van der Waals surface area contributed by atoms with Crippen molar-refractivity contribution in [3.63, 3.8) is 0 Å². The van der Waals surface area contributed by atoms with E-state index in [1.165, 1.54) is 44.3 Å². The van der Waals surface area contributed by atoms with Crippen molar-refractivity contribution in [2.24, 2.45) is 17.8 Å². The maximum absolute atomic E-state index is 6.51. The van der Waals surface area contributed by atoms with E-state index in [1.807, 2.05) is 11.8 Å². The molecule has 3 saturated heterocycles. The van der Waals surface area contributed by atoms with Gasteiger partial charge in [-0.15, -0.1) is 0 Å². The lowest BCUT2D eigenvalue weighted by Gasteiger charge is -2.54. The van der Waals surface area contributed by atoms with Gasteiger partial charge >= 0.3 is 0 Å². The molecular formula is C15H26O2S. The van der Waals surface area contributed by atoms with Crippen molar-refractivity contribution >= 4 is 11.8 Å². The van der Waals surface area contributed by atoms with E-state index in [0.29, 0.717) is 23.9 Å². The van der Waals surface area contributed by atoms with E-state index >= 15 is 0 Å². The lowest BCUT2D eigenvalue weighted by atomic mass is 9.86. The first-order valence-electron chi connectivity index (χ1n) is 7.71. The Labute approximate surface area is 115 Å². The van der Waals surface area contributed by atoms with Crippen molar-refractivity contribution in [3.05, 3.63) is 0 Å². The van der Waals surface area contributed by atoms with Crippen molar-refractivity contribution in [1.82, 2.24) is 0 Å². The minimum Gasteiger partial charge on any atom is -0.341 e. The number of hydrogen-bond donors (Lipinski definition) is 0. The molecule has 0 aromatic rings. The fraction of sp³-hybridized carbons (Fsp3) is 1.00. The molecule has 3 heteroatoms. The maximum atomic E-state index is 6.51. The van der Waals surface area contributed by atoms with Crippen LogP contribution in [0.15, 0.2) is 0 Å². The predicted molar refractivity (Wildman–Crippen MR) is 75.5 cm³/mol. The largest absolute Gasteiger partial charge is 0.341 e. The molecule has 3 heterocycles. The van der Waals surface area contributed by atoms with Gasteiger partial charge in [-0.1, -0.05) is 51.3 Å². The molecule has 4 atom stereocenters. The molecule has 4 rings (SSSR count). The van der Waals surface area contributed by atoms with Crippen LogP contribution in [0, 0.1) is 17.8 Å². The van der Waals surface area contributed by atoms with Crippen LogP contribution in [0.1, 0.15) is 52.4 Å². The molecule has 4 unspecified atom stereocenters. The summed E-state index contributed by atoms with van der Waals surface area (Å²) in [5.41, 5.74) is 0. The summed E-state index contributed by atoms with van der Waals surface area (Å²) in [6.45, 7) is 5.54. The van der Waals surface area contributed by atoms with E-state index in [1.54, 1.807) is 0 Å². The first-order valence-corrected chi connectivity index (χ1v) is 8.69. The third kappa shape index (κ3) is 2.23. The Kier molecular flexibility index (Phi) is 3.93. The summed E-state index contributed by atoms with van der Waals surface area (Å²) >= 11 is 1.95. The summed E-state index contributed by atoms with van der Waals surface area (Å²) in [6.07, 6.45) is 8.36.